The van der Waals surface area contributed by atoms with E-state index in [9.17, 15) is 13.2 Å². The number of aromatic nitrogens is 2. The van der Waals surface area contributed by atoms with Crippen molar-refractivity contribution in [1.82, 2.24) is 15.1 Å². The normalized spacial score (nSPS) is 15.6. The summed E-state index contributed by atoms with van der Waals surface area (Å²) in [4.78, 5) is 3.34. The number of benzene rings is 1. The second-order valence-corrected chi connectivity index (χ2v) is 5.69. The molecule has 1 saturated carbocycles. The molecule has 2 aromatic rings. The number of alkyl halides is 3. The van der Waals surface area contributed by atoms with E-state index in [2.05, 4.69) is 14.7 Å². The average molecular weight is 339 g/mol. The lowest BCUT2D eigenvalue weighted by molar-refractivity contribution is -0.159. The van der Waals surface area contributed by atoms with Gasteiger partial charge in [-0.3, -0.25) is 0 Å². The number of allylic oxidation sites excluding steroid dienone is 1. The lowest BCUT2D eigenvalue weighted by Gasteiger charge is -2.15. The molecule has 4 N–H and O–H groups in total. The number of hydrogen-bond acceptors (Lipinski definition) is 6. The minimum absolute atomic E-state index is 0.114. The van der Waals surface area contributed by atoms with Crippen LogP contribution in [0.4, 0.5) is 13.2 Å². The summed E-state index contributed by atoms with van der Waals surface area (Å²) in [6.07, 6.45) is -0.760. The Kier molecular flexibility index (Phi) is 4.18. The van der Waals surface area contributed by atoms with Crippen LogP contribution in [0.15, 0.2) is 40.7 Å². The zero-order valence-corrected chi connectivity index (χ0v) is 12.6. The van der Waals surface area contributed by atoms with Crippen LogP contribution in [0.25, 0.3) is 11.4 Å². The molecule has 0 unspecified atom stereocenters. The van der Waals surface area contributed by atoms with Crippen molar-refractivity contribution < 1.29 is 17.7 Å². The summed E-state index contributed by atoms with van der Waals surface area (Å²) in [5, 5.41) is 4.83. The lowest BCUT2D eigenvalue weighted by Crippen LogP contribution is -2.26. The van der Waals surface area contributed by atoms with Gasteiger partial charge < -0.3 is 15.3 Å². The van der Waals surface area contributed by atoms with Crippen molar-refractivity contribution in [2.75, 3.05) is 0 Å². The maximum absolute atomic E-state index is 12.5. The molecule has 0 spiro atoms. The fourth-order valence-corrected chi connectivity index (χ4v) is 2.19. The van der Waals surface area contributed by atoms with E-state index in [-0.39, 0.29) is 5.82 Å². The highest BCUT2D eigenvalue weighted by atomic mass is 19.4. The zero-order valence-electron chi connectivity index (χ0n) is 12.6. The molecule has 1 aliphatic rings. The number of halogens is 3. The highest BCUT2D eigenvalue weighted by Gasteiger charge is 2.38. The highest BCUT2D eigenvalue weighted by Crippen LogP contribution is 2.33. The fourth-order valence-electron chi connectivity index (χ4n) is 2.19. The Labute approximate surface area is 135 Å². The Morgan fingerprint density at radius 1 is 1.29 bits per heavy atom. The summed E-state index contributed by atoms with van der Waals surface area (Å²) < 4.78 is 41.6. The molecule has 1 aliphatic carbocycles. The molecule has 1 fully saturated rings. The maximum atomic E-state index is 12.5. The van der Waals surface area contributed by atoms with E-state index < -0.39 is 12.1 Å². The van der Waals surface area contributed by atoms with E-state index in [0.29, 0.717) is 18.0 Å². The fraction of sp³-hybridized carbons (Fsp3) is 0.333. The SMILES string of the molecule is N/C(=C\N(N)Cc1ccc(-c2noc(C(F)(F)F)n2)cc1)C1CC1. The van der Waals surface area contributed by atoms with Crippen LogP contribution in [0, 0.1) is 5.92 Å². The Hall–Kier alpha value is -2.55. The second kappa shape index (κ2) is 6.16. The van der Waals surface area contributed by atoms with Crippen LogP contribution in [0.3, 0.4) is 0 Å². The van der Waals surface area contributed by atoms with Gasteiger partial charge in [-0.15, -0.1) is 0 Å². The maximum Gasteiger partial charge on any atom is 0.471 e. The van der Waals surface area contributed by atoms with Crippen LogP contribution in [0.5, 0.6) is 0 Å². The molecule has 0 radical (unpaired) electrons. The van der Waals surface area contributed by atoms with E-state index in [1.165, 1.54) is 5.01 Å². The monoisotopic (exact) mass is 339 g/mol. The molecule has 0 saturated heterocycles. The first kappa shape index (κ1) is 16.3. The number of nitrogens with two attached hydrogens (primary N) is 2. The number of hydrogen-bond donors (Lipinski definition) is 2. The Morgan fingerprint density at radius 3 is 2.50 bits per heavy atom. The van der Waals surface area contributed by atoms with Gasteiger partial charge in [-0.1, -0.05) is 29.4 Å². The third-order valence-electron chi connectivity index (χ3n) is 3.61. The number of nitrogens with zero attached hydrogens (tertiary/aromatic N) is 3. The molecule has 0 atom stereocenters. The van der Waals surface area contributed by atoms with Crippen LogP contribution in [0.2, 0.25) is 0 Å². The van der Waals surface area contributed by atoms with Gasteiger partial charge >= 0.3 is 12.1 Å². The van der Waals surface area contributed by atoms with Gasteiger partial charge in [0.05, 0.1) is 6.54 Å². The summed E-state index contributed by atoms with van der Waals surface area (Å²) in [5.41, 5.74) is 7.96. The molecular formula is C15H16F3N5O. The molecule has 9 heteroatoms. The predicted molar refractivity (Wildman–Crippen MR) is 79.5 cm³/mol. The molecule has 0 bridgehead atoms. The second-order valence-electron chi connectivity index (χ2n) is 5.69. The largest absolute Gasteiger partial charge is 0.471 e. The van der Waals surface area contributed by atoms with Gasteiger partial charge in [0.15, 0.2) is 0 Å². The van der Waals surface area contributed by atoms with Crippen molar-refractivity contribution in [2.45, 2.75) is 25.6 Å². The van der Waals surface area contributed by atoms with Gasteiger partial charge in [-0.2, -0.15) is 18.2 Å². The number of rotatable bonds is 5. The highest BCUT2D eigenvalue weighted by molar-refractivity contribution is 5.54. The van der Waals surface area contributed by atoms with Crippen molar-refractivity contribution in [3.63, 3.8) is 0 Å². The smallest absolute Gasteiger partial charge is 0.401 e. The quantitative estimate of drug-likeness (QED) is 0.642. The minimum Gasteiger partial charge on any atom is -0.401 e. The van der Waals surface area contributed by atoms with Crippen LogP contribution < -0.4 is 11.6 Å². The summed E-state index contributed by atoms with van der Waals surface area (Å²) in [5.74, 6) is 4.84. The molecule has 1 aromatic heterocycles. The summed E-state index contributed by atoms with van der Waals surface area (Å²) in [6, 6.07) is 6.70. The molecule has 24 heavy (non-hydrogen) atoms. The van der Waals surface area contributed by atoms with Gasteiger partial charge in [-0.25, -0.2) is 5.84 Å². The summed E-state index contributed by atoms with van der Waals surface area (Å²) in [6.45, 7) is 0.424. The van der Waals surface area contributed by atoms with Crippen molar-refractivity contribution in [2.24, 2.45) is 17.5 Å². The standard InChI is InChI=1S/C15H16F3N5O/c16-15(17,18)14-21-13(22-24-14)11-3-1-9(2-4-11)7-23(20)8-12(19)10-5-6-10/h1-4,8,10H,5-7,19-20H2/b12-8-. The lowest BCUT2D eigenvalue weighted by atomic mass is 10.1. The molecule has 1 heterocycles. The minimum atomic E-state index is -4.65. The van der Waals surface area contributed by atoms with Crippen LogP contribution in [0.1, 0.15) is 24.3 Å². The molecule has 128 valence electrons. The first-order chi connectivity index (χ1) is 11.3. The first-order valence-electron chi connectivity index (χ1n) is 7.31. The van der Waals surface area contributed by atoms with Crippen molar-refractivity contribution >= 4 is 0 Å². The Balaban J connectivity index is 1.67. The van der Waals surface area contributed by atoms with E-state index in [1.807, 2.05) is 0 Å². The topological polar surface area (TPSA) is 94.2 Å². The van der Waals surface area contributed by atoms with Crippen molar-refractivity contribution in [1.29, 1.82) is 0 Å². The van der Waals surface area contributed by atoms with Gasteiger partial charge in [-0.05, 0) is 18.4 Å². The predicted octanol–water partition coefficient (Wildman–Crippen LogP) is 2.64. The van der Waals surface area contributed by atoms with Crippen molar-refractivity contribution in [3.8, 4) is 11.4 Å². The molecule has 0 amide bonds. The molecule has 0 aliphatic heterocycles. The Bertz CT molecular complexity index is 734. The molecule has 1 aromatic carbocycles. The first-order valence-corrected chi connectivity index (χ1v) is 7.31. The van der Waals surface area contributed by atoms with E-state index in [4.69, 9.17) is 11.6 Å². The van der Waals surface area contributed by atoms with Crippen LogP contribution in [-0.2, 0) is 12.7 Å². The van der Waals surface area contributed by atoms with Crippen LogP contribution >= 0.6 is 0 Å². The van der Waals surface area contributed by atoms with Crippen LogP contribution in [-0.4, -0.2) is 15.1 Å². The van der Waals surface area contributed by atoms with Gasteiger partial charge in [0, 0.05) is 23.4 Å². The third-order valence-corrected chi connectivity index (χ3v) is 3.61. The van der Waals surface area contributed by atoms with Crippen molar-refractivity contribution in [3.05, 3.63) is 47.6 Å². The Morgan fingerprint density at radius 2 is 1.96 bits per heavy atom. The summed E-state index contributed by atoms with van der Waals surface area (Å²) in [7, 11) is 0. The molecule has 3 rings (SSSR count). The van der Waals surface area contributed by atoms with Gasteiger partial charge in [0.25, 0.3) is 0 Å². The molecule has 6 nitrogen and oxygen atoms in total. The van der Waals surface area contributed by atoms with E-state index >= 15 is 0 Å². The van der Waals surface area contributed by atoms with Gasteiger partial charge in [0.1, 0.15) is 0 Å². The summed E-state index contributed by atoms with van der Waals surface area (Å²) >= 11 is 0. The average Bonchev–Trinajstić information content (AvgIpc) is 3.24. The number of hydrazine groups is 1. The third kappa shape index (κ3) is 3.85. The van der Waals surface area contributed by atoms with Gasteiger partial charge in [0.2, 0.25) is 5.82 Å². The molecular weight excluding hydrogens is 323 g/mol. The van der Waals surface area contributed by atoms with E-state index in [0.717, 1.165) is 24.1 Å². The van der Waals surface area contributed by atoms with E-state index in [1.54, 1.807) is 30.5 Å². The zero-order chi connectivity index (χ0) is 17.3.